The molecule has 3 rings (SSSR count). The highest BCUT2D eigenvalue weighted by Crippen LogP contribution is 2.28. The van der Waals surface area contributed by atoms with Gasteiger partial charge in [0.25, 0.3) is 5.91 Å². The Bertz CT molecular complexity index is 737. The van der Waals surface area contributed by atoms with Crippen LogP contribution in [-0.4, -0.2) is 28.9 Å². The number of allylic oxidation sites excluding steroid dienone is 2. The normalized spacial score (nSPS) is 22.3. The maximum atomic E-state index is 12.6. The molecule has 3 N–H and O–H groups in total. The van der Waals surface area contributed by atoms with Gasteiger partial charge >= 0.3 is 5.97 Å². The van der Waals surface area contributed by atoms with Gasteiger partial charge in [-0.25, -0.2) is 0 Å². The number of aryl methyl sites for hydroxylation is 1. The molecule has 1 fully saturated rings. The lowest BCUT2D eigenvalue weighted by Crippen LogP contribution is -2.35. The number of amides is 2. The zero-order valence-corrected chi connectivity index (χ0v) is 14.1. The van der Waals surface area contributed by atoms with Gasteiger partial charge in [0, 0.05) is 17.3 Å². The summed E-state index contributed by atoms with van der Waals surface area (Å²) in [5.74, 6) is -2.75. The molecule has 2 aliphatic rings. The van der Waals surface area contributed by atoms with Crippen molar-refractivity contribution in [3.8, 4) is 0 Å². The zero-order valence-electron chi connectivity index (χ0n) is 14.1. The van der Waals surface area contributed by atoms with Gasteiger partial charge in [-0.2, -0.15) is 0 Å². The third kappa shape index (κ3) is 4.07. The molecule has 2 aliphatic carbocycles. The Morgan fingerprint density at radius 1 is 1.08 bits per heavy atom. The quantitative estimate of drug-likeness (QED) is 0.716. The second-order valence-corrected chi connectivity index (χ2v) is 6.76. The van der Waals surface area contributed by atoms with E-state index in [0.29, 0.717) is 24.1 Å². The van der Waals surface area contributed by atoms with Crippen LogP contribution in [0.2, 0.25) is 0 Å². The number of carbonyl (C=O) groups excluding carboxylic acids is 2. The summed E-state index contributed by atoms with van der Waals surface area (Å²) in [6, 6.07) is 5.43. The fraction of sp³-hybridized carbons (Fsp3) is 0.421. The number of anilines is 1. The van der Waals surface area contributed by atoms with Crippen molar-refractivity contribution in [3.63, 3.8) is 0 Å². The van der Waals surface area contributed by atoms with Gasteiger partial charge in [0.2, 0.25) is 5.91 Å². The maximum absolute atomic E-state index is 12.6. The average Bonchev–Trinajstić information content (AvgIpc) is 3.40. The third-order valence-corrected chi connectivity index (χ3v) is 4.76. The van der Waals surface area contributed by atoms with Crippen molar-refractivity contribution >= 4 is 23.5 Å². The lowest BCUT2D eigenvalue weighted by molar-refractivity contribution is -0.146. The molecule has 0 saturated heterocycles. The molecule has 2 amide bonds. The van der Waals surface area contributed by atoms with Crippen molar-refractivity contribution < 1.29 is 19.5 Å². The van der Waals surface area contributed by atoms with Gasteiger partial charge in [-0.05, 0) is 50.3 Å². The lowest BCUT2D eigenvalue weighted by atomic mass is 9.82. The van der Waals surface area contributed by atoms with E-state index in [1.807, 2.05) is 13.0 Å². The number of carboxylic acid groups (broad SMARTS) is 1. The molecule has 0 heterocycles. The SMILES string of the molecule is Cc1ccc(C(=O)NC2CC2)cc1NC(=O)[C@@H]1CC=CC[C@@H]1C(=O)O. The van der Waals surface area contributed by atoms with Gasteiger partial charge in [0.15, 0.2) is 0 Å². The minimum absolute atomic E-state index is 0.151. The Kier molecular flexibility index (Phi) is 4.88. The maximum Gasteiger partial charge on any atom is 0.307 e. The van der Waals surface area contributed by atoms with Crippen LogP contribution in [0.3, 0.4) is 0 Å². The Morgan fingerprint density at radius 2 is 1.76 bits per heavy atom. The summed E-state index contributed by atoms with van der Waals surface area (Å²) in [7, 11) is 0. The minimum atomic E-state index is -0.959. The van der Waals surface area contributed by atoms with Crippen molar-refractivity contribution in [1.82, 2.24) is 5.32 Å². The van der Waals surface area contributed by atoms with E-state index in [-0.39, 0.29) is 17.9 Å². The summed E-state index contributed by atoms with van der Waals surface area (Å²) in [6.07, 6.45) is 6.42. The first-order valence-corrected chi connectivity index (χ1v) is 8.56. The number of aliphatic carboxylic acids is 1. The standard InChI is InChI=1S/C19H22N2O4/c1-11-6-7-12(17(22)20-13-8-9-13)10-16(11)21-18(23)14-4-2-3-5-15(14)19(24)25/h2-3,6-7,10,13-15H,4-5,8-9H2,1H3,(H,20,22)(H,21,23)(H,24,25)/t14-,15+/m1/s1. The van der Waals surface area contributed by atoms with Crippen LogP contribution < -0.4 is 10.6 Å². The number of hydrogen-bond donors (Lipinski definition) is 3. The summed E-state index contributed by atoms with van der Waals surface area (Å²) in [5, 5.41) is 15.0. The Labute approximate surface area is 146 Å². The summed E-state index contributed by atoms with van der Waals surface area (Å²) < 4.78 is 0. The largest absolute Gasteiger partial charge is 0.481 e. The van der Waals surface area contributed by atoms with Gasteiger partial charge in [-0.15, -0.1) is 0 Å². The molecular weight excluding hydrogens is 320 g/mol. The van der Waals surface area contributed by atoms with Crippen LogP contribution in [0.5, 0.6) is 0 Å². The summed E-state index contributed by atoms with van der Waals surface area (Å²) >= 11 is 0. The van der Waals surface area contributed by atoms with Crippen LogP contribution in [0.1, 0.15) is 41.6 Å². The molecule has 0 aliphatic heterocycles. The van der Waals surface area contributed by atoms with Gasteiger partial charge < -0.3 is 15.7 Å². The van der Waals surface area contributed by atoms with E-state index in [4.69, 9.17) is 0 Å². The number of rotatable bonds is 5. The van der Waals surface area contributed by atoms with Gasteiger partial charge in [0.05, 0.1) is 11.8 Å². The lowest BCUT2D eigenvalue weighted by Gasteiger charge is -2.24. The van der Waals surface area contributed by atoms with Gasteiger partial charge in [-0.1, -0.05) is 18.2 Å². The van der Waals surface area contributed by atoms with E-state index >= 15 is 0 Å². The Morgan fingerprint density at radius 3 is 2.40 bits per heavy atom. The highest BCUT2D eigenvalue weighted by atomic mass is 16.4. The predicted octanol–water partition coefficient (Wildman–Crippen LogP) is 2.49. The van der Waals surface area contributed by atoms with E-state index < -0.39 is 17.8 Å². The van der Waals surface area contributed by atoms with Crippen molar-refractivity contribution in [2.75, 3.05) is 5.32 Å². The number of hydrogen-bond acceptors (Lipinski definition) is 3. The van der Waals surface area contributed by atoms with E-state index in [1.165, 1.54) is 0 Å². The van der Waals surface area contributed by atoms with Gasteiger partial charge in [0.1, 0.15) is 0 Å². The second-order valence-electron chi connectivity index (χ2n) is 6.76. The van der Waals surface area contributed by atoms with Crippen LogP contribution in [-0.2, 0) is 9.59 Å². The van der Waals surface area contributed by atoms with E-state index in [2.05, 4.69) is 10.6 Å². The molecule has 1 aromatic rings. The number of benzene rings is 1. The Balaban J connectivity index is 1.74. The van der Waals surface area contributed by atoms with Crippen LogP contribution in [0, 0.1) is 18.8 Å². The summed E-state index contributed by atoms with van der Waals surface area (Å²) in [5.41, 5.74) is 1.87. The second kappa shape index (κ2) is 7.09. The van der Waals surface area contributed by atoms with Crippen LogP contribution >= 0.6 is 0 Å². The number of carbonyl (C=O) groups is 3. The zero-order chi connectivity index (χ0) is 18.0. The first-order chi connectivity index (χ1) is 12.0. The molecule has 0 radical (unpaired) electrons. The molecule has 132 valence electrons. The smallest absolute Gasteiger partial charge is 0.307 e. The molecule has 0 unspecified atom stereocenters. The summed E-state index contributed by atoms with van der Waals surface area (Å²) in [4.78, 5) is 36.1. The minimum Gasteiger partial charge on any atom is -0.481 e. The molecule has 1 aromatic carbocycles. The molecule has 25 heavy (non-hydrogen) atoms. The average molecular weight is 342 g/mol. The number of nitrogens with one attached hydrogen (secondary N) is 2. The third-order valence-electron chi connectivity index (χ3n) is 4.76. The molecule has 6 heteroatoms. The highest BCUT2D eigenvalue weighted by molar-refractivity contribution is 5.99. The monoisotopic (exact) mass is 342 g/mol. The van der Waals surface area contributed by atoms with Crippen LogP contribution in [0.15, 0.2) is 30.4 Å². The van der Waals surface area contributed by atoms with E-state index in [9.17, 15) is 19.5 Å². The molecule has 1 saturated carbocycles. The first-order valence-electron chi connectivity index (χ1n) is 8.56. The highest BCUT2D eigenvalue weighted by Gasteiger charge is 2.34. The molecule has 6 nitrogen and oxygen atoms in total. The Hall–Kier alpha value is -2.63. The van der Waals surface area contributed by atoms with Crippen LogP contribution in [0.4, 0.5) is 5.69 Å². The molecule has 0 spiro atoms. The predicted molar refractivity (Wildman–Crippen MR) is 93.3 cm³/mol. The molecular formula is C19H22N2O4. The summed E-state index contributed by atoms with van der Waals surface area (Å²) in [6.45, 7) is 1.84. The van der Waals surface area contributed by atoms with Crippen molar-refractivity contribution in [3.05, 3.63) is 41.5 Å². The fourth-order valence-corrected chi connectivity index (χ4v) is 3.00. The fourth-order valence-electron chi connectivity index (χ4n) is 3.00. The molecule has 2 atom stereocenters. The van der Waals surface area contributed by atoms with Crippen molar-refractivity contribution in [2.24, 2.45) is 11.8 Å². The van der Waals surface area contributed by atoms with Crippen molar-refractivity contribution in [1.29, 1.82) is 0 Å². The van der Waals surface area contributed by atoms with E-state index in [1.54, 1.807) is 24.3 Å². The van der Waals surface area contributed by atoms with Crippen LogP contribution in [0.25, 0.3) is 0 Å². The van der Waals surface area contributed by atoms with E-state index in [0.717, 1.165) is 18.4 Å². The van der Waals surface area contributed by atoms with Gasteiger partial charge in [-0.3, -0.25) is 14.4 Å². The number of carboxylic acids is 1. The topological polar surface area (TPSA) is 95.5 Å². The molecule has 0 aromatic heterocycles. The first kappa shape index (κ1) is 17.2. The molecule has 0 bridgehead atoms. The van der Waals surface area contributed by atoms with Crippen molar-refractivity contribution in [2.45, 2.75) is 38.6 Å².